The van der Waals surface area contributed by atoms with Crippen LogP contribution in [0.15, 0.2) is 30.3 Å². The Morgan fingerprint density at radius 1 is 1.25 bits per heavy atom. The van der Waals surface area contributed by atoms with Crippen molar-refractivity contribution in [1.82, 2.24) is 4.90 Å². The van der Waals surface area contributed by atoms with E-state index < -0.39 is 18.1 Å². The maximum atomic E-state index is 12.8. The molecule has 0 N–H and O–H groups in total. The predicted octanol–water partition coefficient (Wildman–Crippen LogP) is 2.77. The summed E-state index contributed by atoms with van der Waals surface area (Å²) in [5.41, 5.74) is 0.0627. The molecule has 16 heavy (non-hydrogen) atoms. The minimum Gasteiger partial charge on any atom is -0.330 e. The van der Waals surface area contributed by atoms with Crippen LogP contribution >= 0.6 is 0 Å². The first-order valence-electron chi connectivity index (χ1n) is 4.69. The molecular weight excluding hydrogens is 219 g/mol. The summed E-state index contributed by atoms with van der Waals surface area (Å²) in [6.07, 6.45) is -4.47. The standard InChI is InChI=1S/C11H12F3NO/c1-8(16)15(2)10(11(12,13)14)9-6-4-3-5-7-9/h3-7,10H,1-2H3. The molecule has 0 aliphatic rings. The molecule has 0 aliphatic carbocycles. The SMILES string of the molecule is CC(=O)N(C)C(c1ccccc1)C(F)(F)F. The Kier molecular flexibility index (Phi) is 3.57. The third kappa shape index (κ3) is 2.74. The number of benzene rings is 1. The zero-order chi connectivity index (χ0) is 12.3. The minimum atomic E-state index is -4.47. The minimum absolute atomic E-state index is 0.0627. The van der Waals surface area contributed by atoms with Crippen LogP contribution in [0.5, 0.6) is 0 Å². The van der Waals surface area contributed by atoms with E-state index in [-0.39, 0.29) is 5.56 Å². The van der Waals surface area contributed by atoms with Crippen LogP contribution in [0.3, 0.4) is 0 Å². The topological polar surface area (TPSA) is 20.3 Å². The lowest BCUT2D eigenvalue weighted by Crippen LogP contribution is -2.38. The highest BCUT2D eigenvalue weighted by Gasteiger charge is 2.44. The Bertz CT molecular complexity index is 361. The maximum absolute atomic E-state index is 12.8. The molecule has 1 rings (SSSR count). The summed E-state index contributed by atoms with van der Waals surface area (Å²) in [7, 11) is 1.15. The number of alkyl halides is 3. The fraction of sp³-hybridized carbons (Fsp3) is 0.364. The van der Waals surface area contributed by atoms with Crippen molar-refractivity contribution in [2.45, 2.75) is 19.1 Å². The zero-order valence-corrected chi connectivity index (χ0v) is 8.95. The molecule has 5 heteroatoms. The number of rotatable bonds is 2. The van der Waals surface area contributed by atoms with Crippen molar-refractivity contribution in [3.05, 3.63) is 35.9 Å². The molecule has 0 spiro atoms. The van der Waals surface area contributed by atoms with Crippen molar-refractivity contribution < 1.29 is 18.0 Å². The third-order valence-electron chi connectivity index (χ3n) is 2.31. The second-order valence-corrected chi connectivity index (χ2v) is 3.48. The summed E-state index contributed by atoms with van der Waals surface area (Å²) >= 11 is 0. The average Bonchev–Trinajstić information content (AvgIpc) is 2.17. The van der Waals surface area contributed by atoms with Gasteiger partial charge in [-0.25, -0.2) is 0 Å². The Balaban J connectivity index is 3.12. The largest absolute Gasteiger partial charge is 0.413 e. The molecule has 0 heterocycles. The lowest BCUT2D eigenvalue weighted by Gasteiger charge is -2.29. The number of hydrogen-bond acceptors (Lipinski definition) is 1. The number of halogens is 3. The molecular formula is C11H12F3NO. The van der Waals surface area contributed by atoms with Gasteiger partial charge in [0.05, 0.1) is 0 Å². The molecule has 0 aromatic heterocycles. The van der Waals surface area contributed by atoms with E-state index in [4.69, 9.17) is 0 Å². The van der Waals surface area contributed by atoms with Crippen LogP contribution in [0.1, 0.15) is 18.5 Å². The van der Waals surface area contributed by atoms with Crippen molar-refractivity contribution in [2.24, 2.45) is 0 Å². The molecule has 0 bridgehead atoms. The van der Waals surface area contributed by atoms with Crippen molar-refractivity contribution in [1.29, 1.82) is 0 Å². The number of carbonyl (C=O) groups excluding carboxylic acids is 1. The lowest BCUT2D eigenvalue weighted by molar-refractivity contribution is -0.188. The molecule has 0 fully saturated rings. The molecule has 1 aromatic carbocycles. The average molecular weight is 231 g/mol. The van der Waals surface area contributed by atoms with Gasteiger partial charge in [-0.3, -0.25) is 4.79 Å². The fourth-order valence-corrected chi connectivity index (χ4v) is 1.45. The van der Waals surface area contributed by atoms with Crippen LogP contribution in [0, 0.1) is 0 Å². The van der Waals surface area contributed by atoms with Crippen molar-refractivity contribution >= 4 is 5.91 Å². The molecule has 0 saturated carbocycles. The lowest BCUT2D eigenvalue weighted by atomic mass is 10.1. The summed E-state index contributed by atoms with van der Waals surface area (Å²) in [6.45, 7) is 1.11. The molecule has 0 radical (unpaired) electrons. The second kappa shape index (κ2) is 4.55. The fourth-order valence-electron chi connectivity index (χ4n) is 1.45. The monoisotopic (exact) mass is 231 g/mol. The molecule has 0 saturated heterocycles. The molecule has 1 amide bonds. The normalized spacial score (nSPS) is 13.3. The van der Waals surface area contributed by atoms with Gasteiger partial charge in [-0.05, 0) is 5.56 Å². The van der Waals surface area contributed by atoms with Gasteiger partial charge in [0.1, 0.15) is 0 Å². The first-order valence-corrected chi connectivity index (χ1v) is 4.69. The van der Waals surface area contributed by atoms with Crippen LogP contribution in [0.25, 0.3) is 0 Å². The summed E-state index contributed by atoms with van der Waals surface area (Å²) < 4.78 is 38.5. The maximum Gasteiger partial charge on any atom is 0.413 e. The van der Waals surface area contributed by atoms with Crippen molar-refractivity contribution in [3.8, 4) is 0 Å². The van der Waals surface area contributed by atoms with Gasteiger partial charge in [0.15, 0.2) is 6.04 Å². The first-order chi connectivity index (χ1) is 7.34. The predicted molar refractivity (Wildman–Crippen MR) is 53.7 cm³/mol. The van der Waals surface area contributed by atoms with Crippen LogP contribution in [0.2, 0.25) is 0 Å². The number of amides is 1. The van der Waals surface area contributed by atoms with Gasteiger partial charge in [-0.15, -0.1) is 0 Å². The highest BCUT2D eigenvalue weighted by atomic mass is 19.4. The van der Waals surface area contributed by atoms with Crippen LogP contribution < -0.4 is 0 Å². The van der Waals surface area contributed by atoms with Crippen molar-refractivity contribution in [3.63, 3.8) is 0 Å². The van der Waals surface area contributed by atoms with E-state index >= 15 is 0 Å². The van der Waals surface area contributed by atoms with Gasteiger partial charge >= 0.3 is 6.18 Å². The molecule has 1 unspecified atom stereocenters. The van der Waals surface area contributed by atoms with E-state index in [1.54, 1.807) is 6.07 Å². The van der Waals surface area contributed by atoms with Crippen LogP contribution in [-0.2, 0) is 4.79 Å². The molecule has 88 valence electrons. The number of carbonyl (C=O) groups is 1. The highest BCUT2D eigenvalue weighted by molar-refractivity contribution is 5.73. The van der Waals surface area contributed by atoms with Gasteiger partial charge in [-0.2, -0.15) is 13.2 Å². The van der Waals surface area contributed by atoms with Gasteiger partial charge < -0.3 is 4.90 Å². The van der Waals surface area contributed by atoms with Gasteiger partial charge in [0, 0.05) is 14.0 Å². The summed E-state index contributed by atoms with van der Waals surface area (Å²) in [4.78, 5) is 11.7. The Labute approximate surface area is 91.7 Å². The van der Waals surface area contributed by atoms with E-state index in [2.05, 4.69) is 0 Å². The van der Waals surface area contributed by atoms with Crippen LogP contribution in [-0.4, -0.2) is 24.0 Å². The third-order valence-corrected chi connectivity index (χ3v) is 2.31. The quantitative estimate of drug-likeness (QED) is 0.766. The summed E-state index contributed by atoms with van der Waals surface area (Å²) in [6, 6.07) is 5.50. The molecule has 1 aromatic rings. The van der Waals surface area contributed by atoms with Gasteiger partial charge in [0.2, 0.25) is 5.91 Å². The van der Waals surface area contributed by atoms with E-state index in [1.165, 1.54) is 24.3 Å². The van der Waals surface area contributed by atoms with E-state index in [1.807, 2.05) is 0 Å². The molecule has 1 atom stereocenters. The number of nitrogens with zero attached hydrogens (tertiary/aromatic N) is 1. The Morgan fingerprint density at radius 2 is 1.75 bits per heavy atom. The second-order valence-electron chi connectivity index (χ2n) is 3.48. The van der Waals surface area contributed by atoms with E-state index in [9.17, 15) is 18.0 Å². The highest BCUT2D eigenvalue weighted by Crippen LogP contribution is 2.36. The Morgan fingerprint density at radius 3 is 2.12 bits per heavy atom. The summed E-state index contributed by atoms with van der Waals surface area (Å²) in [5, 5.41) is 0. The molecule has 2 nitrogen and oxygen atoms in total. The molecule has 0 aliphatic heterocycles. The zero-order valence-electron chi connectivity index (χ0n) is 8.95. The van der Waals surface area contributed by atoms with E-state index in [0.29, 0.717) is 4.90 Å². The van der Waals surface area contributed by atoms with Gasteiger partial charge in [-0.1, -0.05) is 30.3 Å². The van der Waals surface area contributed by atoms with Crippen LogP contribution in [0.4, 0.5) is 13.2 Å². The Hall–Kier alpha value is -1.52. The van der Waals surface area contributed by atoms with E-state index in [0.717, 1.165) is 14.0 Å². The first kappa shape index (κ1) is 12.5. The van der Waals surface area contributed by atoms with Gasteiger partial charge in [0.25, 0.3) is 0 Å². The number of hydrogen-bond donors (Lipinski definition) is 0. The van der Waals surface area contributed by atoms with Crippen molar-refractivity contribution in [2.75, 3.05) is 7.05 Å². The smallest absolute Gasteiger partial charge is 0.330 e. The summed E-state index contributed by atoms with van der Waals surface area (Å²) in [5.74, 6) is -0.619.